The van der Waals surface area contributed by atoms with Crippen molar-refractivity contribution in [3.63, 3.8) is 0 Å². The molecular weight excluding hydrogens is 196 g/mol. The summed E-state index contributed by atoms with van der Waals surface area (Å²) in [5, 5.41) is 11.5. The number of carboxylic acids is 1. The van der Waals surface area contributed by atoms with Crippen LogP contribution in [0.5, 0.6) is 0 Å². The highest BCUT2D eigenvalue weighted by Crippen LogP contribution is 2.08. The Hall–Kier alpha value is -1.36. The normalized spacial score (nSPS) is 20.3. The molecule has 0 aromatic heterocycles. The number of carboxylic acid groups (broad SMARTS) is 1. The monoisotopic (exact) mass is 212 g/mol. The van der Waals surface area contributed by atoms with E-state index in [9.17, 15) is 9.59 Å². The number of hydrogen-bond acceptors (Lipinski definition) is 3. The summed E-state index contributed by atoms with van der Waals surface area (Å²) in [7, 11) is 0. The van der Waals surface area contributed by atoms with Gasteiger partial charge in [0.15, 0.2) is 0 Å². The van der Waals surface area contributed by atoms with Crippen molar-refractivity contribution >= 4 is 11.9 Å². The van der Waals surface area contributed by atoms with Crippen molar-refractivity contribution in [2.24, 2.45) is 0 Å². The lowest BCUT2D eigenvalue weighted by atomic mass is 10.2. The summed E-state index contributed by atoms with van der Waals surface area (Å²) in [5.41, 5.74) is 0. The molecule has 1 fully saturated rings. The van der Waals surface area contributed by atoms with E-state index >= 15 is 0 Å². The first-order valence-electron chi connectivity index (χ1n) is 4.96. The molecule has 84 valence electrons. The summed E-state index contributed by atoms with van der Waals surface area (Å²) in [6.07, 6.45) is 2.99. The van der Waals surface area contributed by atoms with Gasteiger partial charge in [0.1, 0.15) is 0 Å². The molecule has 5 heteroatoms. The summed E-state index contributed by atoms with van der Waals surface area (Å²) >= 11 is 0. The average Bonchev–Trinajstić information content (AvgIpc) is 2.50. The molecule has 1 heterocycles. The van der Waals surface area contributed by atoms with Crippen molar-refractivity contribution < 1.29 is 14.7 Å². The summed E-state index contributed by atoms with van der Waals surface area (Å²) in [6.45, 7) is 4.66. The number of carbonyl (C=O) groups is 2. The van der Waals surface area contributed by atoms with Crippen LogP contribution in [-0.2, 0) is 9.59 Å². The van der Waals surface area contributed by atoms with Crippen molar-refractivity contribution in [2.45, 2.75) is 18.9 Å². The molecule has 0 aliphatic carbocycles. The van der Waals surface area contributed by atoms with Crippen molar-refractivity contribution in [3.8, 4) is 0 Å². The summed E-state index contributed by atoms with van der Waals surface area (Å²) in [5.74, 6) is -0.810. The number of amides is 1. The Morgan fingerprint density at radius 2 is 2.47 bits per heavy atom. The van der Waals surface area contributed by atoms with Gasteiger partial charge in [0.25, 0.3) is 0 Å². The van der Waals surface area contributed by atoms with Gasteiger partial charge in [-0.1, -0.05) is 6.08 Å². The molecule has 0 aromatic rings. The van der Waals surface area contributed by atoms with Crippen LogP contribution in [0.1, 0.15) is 12.8 Å². The fourth-order valence-corrected chi connectivity index (χ4v) is 1.70. The molecule has 0 saturated carbocycles. The van der Waals surface area contributed by atoms with E-state index < -0.39 is 5.97 Å². The van der Waals surface area contributed by atoms with Crippen LogP contribution in [0.15, 0.2) is 12.7 Å². The number of nitrogens with zero attached hydrogens (tertiary/aromatic N) is 1. The summed E-state index contributed by atoms with van der Waals surface area (Å²) < 4.78 is 0. The summed E-state index contributed by atoms with van der Waals surface area (Å²) in [6, 6.07) is 0.0804. The van der Waals surface area contributed by atoms with Gasteiger partial charge in [-0.3, -0.25) is 14.5 Å². The standard InChI is InChI=1S/C10H16N2O3/c1-2-5-12(7-10(14)15)6-8-3-4-9(13)11-8/h2,8H,1,3-7H2,(H,11,13)(H,14,15). The molecule has 1 rings (SSSR count). The Kier molecular flexibility index (Phi) is 4.30. The lowest BCUT2D eigenvalue weighted by molar-refractivity contribution is -0.138. The molecule has 0 aromatic carbocycles. The van der Waals surface area contributed by atoms with Gasteiger partial charge in [-0.25, -0.2) is 0 Å². The third-order valence-corrected chi connectivity index (χ3v) is 2.31. The van der Waals surface area contributed by atoms with Crippen LogP contribution < -0.4 is 5.32 Å². The molecule has 5 nitrogen and oxygen atoms in total. The van der Waals surface area contributed by atoms with Gasteiger partial charge in [-0.05, 0) is 6.42 Å². The van der Waals surface area contributed by atoms with Gasteiger partial charge >= 0.3 is 5.97 Å². The fraction of sp³-hybridized carbons (Fsp3) is 0.600. The summed E-state index contributed by atoms with van der Waals surface area (Å²) in [4.78, 5) is 23.3. The molecule has 15 heavy (non-hydrogen) atoms. The van der Waals surface area contributed by atoms with Crippen LogP contribution in [0.4, 0.5) is 0 Å². The largest absolute Gasteiger partial charge is 0.480 e. The number of nitrogens with one attached hydrogen (secondary N) is 1. The van der Waals surface area contributed by atoms with Crippen molar-refractivity contribution in [2.75, 3.05) is 19.6 Å². The predicted molar refractivity (Wildman–Crippen MR) is 55.4 cm³/mol. The van der Waals surface area contributed by atoms with Crippen LogP contribution >= 0.6 is 0 Å². The lowest BCUT2D eigenvalue weighted by Gasteiger charge is -2.22. The van der Waals surface area contributed by atoms with E-state index in [-0.39, 0.29) is 18.5 Å². The molecule has 0 spiro atoms. The second-order valence-corrected chi connectivity index (χ2v) is 3.68. The molecule has 1 aliphatic rings. The smallest absolute Gasteiger partial charge is 0.317 e. The van der Waals surface area contributed by atoms with Gasteiger partial charge in [0, 0.05) is 25.6 Å². The molecule has 0 bridgehead atoms. The molecule has 1 unspecified atom stereocenters. The van der Waals surface area contributed by atoms with Crippen molar-refractivity contribution in [1.82, 2.24) is 10.2 Å². The van der Waals surface area contributed by atoms with E-state index in [2.05, 4.69) is 11.9 Å². The minimum absolute atomic E-state index is 0.0155. The number of hydrogen-bond donors (Lipinski definition) is 2. The maximum absolute atomic E-state index is 10.9. The van der Waals surface area contributed by atoms with E-state index in [1.807, 2.05) is 0 Å². The van der Waals surface area contributed by atoms with Crippen molar-refractivity contribution in [1.29, 1.82) is 0 Å². The van der Waals surface area contributed by atoms with Crippen LogP contribution in [-0.4, -0.2) is 47.6 Å². The van der Waals surface area contributed by atoms with E-state index in [0.717, 1.165) is 6.42 Å². The number of rotatable bonds is 6. The minimum atomic E-state index is -0.860. The Balaban J connectivity index is 2.39. The SMILES string of the molecule is C=CCN(CC(=O)O)CC1CCC(=O)N1. The highest BCUT2D eigenvalue weighted by Gasteiger charge is 2.23. The van der Waals surface area contributed by atoms with Gasteiger partial charge in [0.05, 0.1) is 6.54 Å². The third kappa shape index (κ3) is 4.12. The minimum Gasteiger partial charge on any atom is -0.480 e. The predicted octanol–water partition coefficient (Wildman–Crippen LogP) is -0.162. The van der Waals surface area contributed by atoms with Gasteiger partial charge in [-0.15, -0.1) is 6.58 Å². The first-order chi connectivity index (χ1) is 7.11. The Morgan fingerprint density at radius 1 is 1.73 bits per heavy atom. The first-order valence-corrected chi connectivity index (χ1v) is 4.96. The molecule has 2 N–H and O–H groups in total. The third-order valence-electron chi connectivity index (χ3n) is 2.31. The Bertz CT molecular complexity index is 265. The van der Waals surface area contributed by atoms with E-state index in [1.165, 1.54) is 0 Å². The second kappa shape index (κ2) is 5.50. The van der Waals surface area contributed by atoms with E-state index in [4.69, 9.17) is 5.11 Å². The molecular formula is C10H16N2O3. The number of aliphatic carboxylic acids is 1. The van der Waals surface area contributed by atoms with Gasteiger partial charge in [-0.2, -0.15) is 0 Å². The molecule has 1 saturated heterocycles. The molecule has 0 radical (unpaired) electrons. The molecule has 1 aliphatic heterocycles. The fourth-order valence-electron chi connectivity index (χ4n) is 1.70. The quantitative estimate of drug-likeness (QED) is 0.600. The second-order valence-electron chi connectivity index (χ2n) is 3.68. The maximum Gasteiger partial charge on any atom is 0.317 e. The van der Waals surface area contributed by atoms with Gasteiger partial charge < -0.3 is 10.4 Å². The average molecular weight is 212 g/mol. The first kappa shape index (κ1) is 11.7. The maximum atomic E-state index is 10.9. The zero-order chi connectivity index (χ0) is 11.3. The topological polar surface area (TPSA) is 69.6 Å². The zero-order valence-electron chi connectivity index (χ0n) is 8.61. The number of carbonyl (C=O) groups excluding carboxylic acids is 1. The zero-order valence-corrected chi connectivity index (χ0v) is 8.61. The molecule has 1 atom stereocenters. The van der Waals surface area contributed by atoms with Crippen LogP contribution in [0.3, 0.4) is 0 Å². The van der Waals surface area contributed by atoms with E-state index in [1.54, 1.807) is 11.0 Å². The lowest BCUT2D eigenvalue weighted by Crippen LogP contribution is -2.41. The van der Waals surface area contributed by atoms with Crippen LogP contribution in [0.25, 0.3) is 0 Å². The molecule has 1 amide bonds. The van der Waals surface area contributed by atoms with Crippen LogP contribution in [0, 0.1) is 0 Å². The van der Waals surface area contributed by atoms with Gasteiger partial charge in [0.2, 0.25) is 5.91 Å². The van der Waals surface area contributed by atoms with E-state index in [0.29, 0.717) is 19.5 Å². The Labute approximate surface area is 88.8 Å². The van der Waals surface area contributed by atoms with Crippen molar-refractivity contribution in [3.05, 3.63) is 12.7 Å². The highest BCUT2D eigenvalue weighted by molar-refractivity contribution is 5.78. The Morgan fingerprint density at radius 3 is 2.93 bits per heavy atom. The van der Waals surface area contributed by atoms with Crippen LogP contribution in [0.2, 0.25) is 0 Å². The highest BCUT2D eigenvalue weighted by atomic mass is 16.4.